The maximum absolute atomic E-state index is 9.74. The number of rotatable bonds is 8. The van der Waals surface area contributed by atoms with Gasteiger partial charge in [0.2, 0.25) is 0 Å². The standard InChI is InChI=1S/C13H19Cl2NO2/c14-11-7-10(13(18)12(15)8-11)9-16-5-3-1-2-4-6-17/h7-8,16-18H,1-6,9H2. The highest BCUT2D eigenvalue weighted by atomic mass is 35.5. The third-order valence-corrected chi connectivity index (χ3v) is 3.19. The van der Waals surface area contributed by atoms with Crippen molar-refractivity contribution in [2.75, 3.05) is 13.2 Å². The van der Waals surface area contributed by atoms with Crippen LogP contribution in [-0.2, 0) is 6.54 Å². The van der Waals surface area contributed by atoms with E-state index in [2.05, 4.69) is 5.32 Å². The van der Waals surface area contributed by atoms with E-state index in [9.17, 15) is 5.11 Å². The van der Waals surface area contributed by atoms with Crippen LogP contribution in [0.15, 0.2) is 12.1 Å². The van der Waals surface area contributed by atoms with Gasteiger partial charge in [-0.25, -0.2) is 0 Å². The van der Waals surface area contributed by atoms with Crippen molar-refractivity contribution in [1.82, 2.24) is 5.32 Å². The molecule has 1 rings (SSSR count). The van der Waals surface area contributed by atoms with Gasteiger partial charge in [-0.15, -0.1) is 0 Å². The summed E-state index contributed by atoms with van der Waals surface area (Å²) < 4.78 is 0. The number of aliphatic hydroxyl groups excluding tert-OH is 1. The molecule has 18 heavy (non-hydrogen) atoms. The number of halogens is 2. The average molecular weight is 292 g/mol. The van der Waals surface area contributed by atoms with Gasteiger partial charge in [0.15, 0.2) is 0 Å². The van der Waals surface area contributed by atoms with Crippen molar-refractivity contribution in [2.24, 2.45) is 0 Å². The normalized spacial score (nSPS) is 10.8. The van der Waals surface area contributed by atoms with Crippen molar-refractivity contribution in [1.29, 1.82) is 0 Å². The van der Waals surface area contributed by atoms with E-state index in [-0.39, 0.29) is 17.4 Å². The van der Waals surface area contributed by atoms with Crippen LogP contribution in [0.2, 0.25) is 10.0 Å². The molecule has 3 nitrogen and oxygen atoms in total. The molecular weight excluding hydrogens is 273 g/mol. The van der Waals surface area contributed by atoms with Crippen molar-refractivity contribution in [3.63, 3.8) is 0 Å². The smallest absolute Gasteiger partial charge is 0.138 e. The second kappa shape index (κ2) is 8.59. The largest absolute Gasteiger partial charge is 0.506 e. The lowest BCUT2D eigenvalue weighted by Gasteiger charge is -2.08. The van der Waals surface area contributed by atoms with Gasteiger partial charge < -0.3 is 15.5 Å². The Morgan fingerprint density at radius 2 is 1.78 bits per heavy atom. The first-order valence-corrected chi connectivity index (χ1v) is 6.89. The number of phenolic OH excluding ortho intramolecular Hbond substituents is 1. The molecule has 1 aromatic carbocycles. The summed E-state index contributed by atoms with van der Waals surface area (Å²) in [6, 6.07) is 3.23. The Morgan fingerprint density at radius 1 is 1.06 bits per heavy atom. The number of hydrogen-bond acceptors (Lipinski definition) is 3. The lowest BCUT2D eigenvalue weighted by atomic mass is 10.2. The van der Waals surface area contributed by atoms with Crippen molar-refractivity contribution in [2.45, 2.75) is 32.2 Å². The minimum atomic E-state index is 0.0915. The van der Waals surface area contributed by atoms with Gasteiger partial charge in [0.05, 0.1) is 5.02 Å². The van der Waals surface area contributed by atoms with E-state index in [1.54, 1.807) is 6.07 Å². The molecule has 0 saturated carbocycles. The molecule has 3 N–H and O–H groups in total. The molecule has 0 saturated heterocycles. The highest BCUT2D eigenvalue weighted by molar-refractivity contribution is 6.35. The van der Waals surface area contributed by atoms with Gasteiger partial charge in [0.1, 0.15) is 5.75 Å². The summed E-state index contributed by atoms with van der Waals surface area (Å²) in [5.74, 6) is 0.0915. The molecule has 0 aromatic heterocycles. The number of unbranched alkanes of at least 4 members (excludes halogenated alkanes) is 3. The van der Waals surface area contributed by atoms with Gasteiger partial charge in [0.25, 0.3) is 0 Å². The van der Waals surface area contributed by atoms with Crippen LogP contribution in [0.5, 0.6) is 5.75 Å². The molecule has 0 aliphatic rings. The minimum absolute atomic E-state index is 0.0915. The number of aromatic hydroxyl groups is 1. The molecule has 1 aromatic rings. The molecule has 0 bridgehead atoms. The number of phenols is 1. The van der Waals surface area contributed by atoms with E-state index in [0.717, 1.165) is 32.2 Å². The molecule has 0 amide bonds. The molecule has 0 spiro atoms. The lowest BCUT2D eigenvalue weighted by Crippen LogP contribution is -2.14. The monoisotopic (exact) mass is 291 g/mol. The fourth-order valence-electron chi connectivity index (χ4n) is 1.69. The highest BCUT2D eigenvalue weighted by Gasteiger charge is 2.07. The lowest BCUT2D eigenvalue weighted by molar-refractivity contribution is 0.282. The Balaban J connectivity index is 2.27. The molecule has 0 radical (unpaired) electrons. The summed E-state index contributed by atoms with van der Waals surface area (Å²) in [6.07, 6.45) is 4.06. The number of benzene rings is 1. The Bertz CT molecular complexity index is 372. The predicted octanol–water partition coefficient (Wildman–Crippen LogP) is 3.34. The van der Waals surface area contributed by atoms with E-state index in [0.29, 0.717) is 17.1 Å². The van der Waals surface area contributed by atoms with Gasteiger partial charge in [0, 0.05) is 23.7 Å². The van der Waals surface area contributed by atoms with Crippen LogP contribution < -0.4 is 5.32 Å². The van der Waals surface area contributed by atoms with E-state index in [1.165, 1.54) is 6.07 Å². The van der Waals surface area contributed by atoms with Crippen molar-refractivity contribution >= 4 is 23.2 Å². The van der Waals surface area contributed by atoms with Crippen LogP contribution >= 0.6 is 23.2 Å². The zero-order chi connectivity index (χ0) is 13.4. The third kappa shape index (κ3) is 5.44. The second-order valence-electron chi connectivity index (χ2n) is 4.21. The topological polar surface area (TPSA) is 52.5 Å². The van der Waals surface area contributed by atoms with Crippen molar-refractivity contribution in [3.8, 4) is 5.75 Å². The van der Waals surface area contributed by atoms with Crippen LogP contribution in [0.3, 0.4) is 0 Å². The number of aliphatic hydroxyl groups is 1. The Morgan fingerprint density at radius 3 is 2.50 bits per heavy atom. The molecule has 5 heteroatoms. The predicted molar refractivity (Wildman–Crippen MR) is 75.4 cm³/mol. The first-order chi connectivity index (χ1) is 8.65. The highest BCUT2D eigenvalue weighted by Crippen LogP contribution is 2.30. The van der Waals surface area contributed by atoms with E-state index in [1.807, 2.05) is 0 Å². The van der Waals surface area contributed by atoms with Crippen LogP contribution in [0.1, 0.15) is 31.2 Å². The minimum Gasteiger partial charge on any atom is -0.506 e. The number of nitrogens with one attached hydrogen (secondary N) is 1. The molecule has 0 aliphatic heterocycles. The van der Waals surface area contributed by atoms with Crippen molar-refractivity contribution in [3.05, 3.63) is 27.7 Å². The molecule has 0 unspecified atom stereocenters. The van der Waals surface area contributed by atoms with Gasteiger partial charge in [-0.05, 0) is 31.5 Å². The van der Waals surface area contributed by atoms with Crippen LogP contribution in [0.25, 0.3) is 0 Å². The zero-order valence-electron chi connectivity index (χ0n) is 10.3. The third-order valence-electron chi connectivity index (χ3n) is 2.68. The van der Waals surface area contributed by atoms with E-state index >= 15 is 0 Å². The summed E-state index contributed by atoms with van der Waals surface area (Å²) >= 11 is 11.7. The summed E-state index contributed by atoms with van der Waals surface area (Å²) in [5.41, 5.74) is 0.711. The summed E-state index contributed by atoms with van der Waals surface area (Å²) in [6.45, 7) is 1.68. The molecule has 0 aliphatic carbocycles. The van der Waals surface area contributed by atoms with Gasteiger partial charge in [-0.2, -0.15) is 0 Å². The Hall–Kier alpha value is -0.480. The SMILES string of the molecule is OCCCCCCNCc1cc(Cl)cc(Cl)c1O. The van der Waals surface area contributed by atoms with Gasteiger partial charge in [-0.3, -0.25) is 0 Å². The molecule has 0 atom stereocenters. The molecule has 102 valence electrons. The maximum Gasteiger partial charge on any atom is 0.138 e. The molecular formula is C13H19Cl2NO2. The Kier molecular flexibility index (Phi) is 7.44. The summed E-state index contributed by atoms with van der Waals surface area (Å²) in [5, 5.41) is 22.4. The van der Waals surface area contributed by atoms with E-state index < -0.39 is 0 Å². The van der Waals surface area contributed by atoms with Crippen LogP contribution in [0.4, 0.5) is 0 Å². The van der Waals surface area contributed by atoms with Crippen LogP contribution in [0, 0.1) is 0 Å². The number of hydrogen-bond donors (Lipinski definition) is 3. The maximum atomic E-state index is 9.74. The average Bonchev–Trinajstić information content (AvgIpc) is 2.33. The zero-order valence-corrected chi connectivity index (χ0v) is 11.8. The molecule has 0 fully saturated rings. The van der Waals surface area contributed by atoms with Gasteiger partial charge >= 0.3 is 0 Å². The summed E-state index contributed by atoms with van der Waals surface area (Å²) in [7, 11) is 0. The van der Waals surface area contributed by atoms with E-state index in [4.69, 9.17) is 28.3 Å². The first-order valence-electron chi connectivity index (χ1n) is 6.13. The first kappa shape index (κ1) is 15.6. The fraction of sp³-hybridized carbons (Fsp3) is 0.538. The molecule has 0 heterocycles. The second-order valence-corrected chi connectivity index (χ2v) is 5.05. The van der Waals surface area contributed by atoms with Crippen molar-refractivity contribution < 1.29 is 10.2 Å². The Labute approximate surface area is 118 Å². The van der Waals surface area contributed by atoms with Gasteiger partial charge in [-0.1, -0.05) is 36.0 Å². The quantitative estimate of drug-likeness (QED) is 0.644. The summed E-state index contributed by atoms with van der Waals surface area (Å²) in [4.78, 5) is 0. The van der Waals surface area contributed by atoms with Crippen LogP contribution in [-0.4, -0.2) is 23.4 Å². The fourth-order valence-corrected chi connectivity index (χ4v) is 2.23.